The van der Waals surface area contributed by atoms with Gasteiger partial charge in [0, 0.05) is 11.6 Å². The monoisotopic (exact) mass is 212 g/mol. The van der Waals surface area contributed by atoms with Crippen LogP contribution in [0.5, 0.6) is 0 Å². The zero-order valence-electron chi connectivity index (χ0n) is 9.28. The van der Waals surface area contributed by atoms with Crippen LogP contribution in [0, 0.1) is 11.8 Å². The van der Waals surface area contributed by atoms with Crippen molar-refractivity contribution in [2.75, 3.05) is 0 Å². The zero-order chi connectivity index (χ0) is 12.0. The van der Waals surface area contributed by atoms with Crippen LogP contribution in [0.3, 0.4) is 0 Å². The van der Waals surface area contributed by atoms with E-state index in [2.05, 4.69) is 11.8 Å². The molecule has 0 amide bonds. The summed E-state index contributed by atoms with van der Waals surface area (Å²) in [6.45, 7) is 2.72. The molecule has 0 aliphatic heterocycles. The number of carbonyl (C=O) groups is 2. The first kappa shape index (κ1) is 11.9. The zero-order valence-corrected chi connectivity index (χ0v) is 9.28. The molecule has 0 unspecified atom stereocenters. The minimum Gasteiger partial charge on any atom is -0.294 e. The van der Waals surface area contributed by atoms with Crippen molar-refractivity contribution in [3.05, 3.63) is 47.5 Å². The van der Waals surface area contributed by atoms with Crippen molar-refractivity contribution in [1.82, 2.24) is 0 Å². The van der Waals surface area contributed by atoms with E-state index in [1.54, 1.807) is 0 Å². The molecule has 0 radical (unpaired) electrons. The van der Waals surface area contributed by atoms with Gasteiger partial charge in [-0.05, 0) is 26.0 Å². The van der Waals surface area contributed by atoms with E-state index >= 15 is 0 Å². The number of benzene rings is 1. The minimum absolute atomic E-state index is 0.142. The fraction of sp³-hybridized carbons (Fsp3) is 0.143. The maximum absolute atomic E-state index is 11.1. The van der Waals surface area contributed by atoms with Crippen LogP contribution in [-0.4, -0.2) is 11.6 Å². The highest BCUT2D eigenvalue weighted by atomic mass is 16.1. The summed E-state index contributed by atoms with van der Waals surface area (Å²) < 4.78 is 0. The molecule has 1 rings (SSSR count). The molecular weight excluding hydrogens is 200 g/mol. The fourth-order valence-electron chi connectivity index (χ4n) is 1.16. The highest BCUT2D eigenvalue weighted by Crippen LogP contribution is 1.98. The topological polar surface area (TPSA) is 34.1 Å². The molecule has 0 fully saturated rings. The first-order chi connectivity index (χ1) is 7.61. The summed E-state index contributed by atoms with van der Waals surface area (Å²) in [5, 5.41) is 0. The minimum atomic E-state index is -0.255. The molecule has 2 nitrogen and oxygen atoms in total. The molecule has 1 aromatic carbocycles. The van der Waals surface area contributed by atoms with Crippen LogP contribution in [0.1, 0.15) is 19.4 Å². The van der Waals surface area contributed by atoms with Gasteiger partial charge in [0.2, 0.25) is 0 Å². The maximum atomic E-state index is 11.1. The van der Waals surface area contributed by atoms with E-state index in [4.69, 9.17) is 0 Å². The molecule has 0 spiro atoms. The molecule has 0 bridgehead atoms. The Morgan fingerprint density at radius 1 is 1.06 bits per heavy atom. The Bertz CT molecular complexity index is 468. The van der Waals surface area contributed by atoms with Gasteiger partial charge in [0.15, 0.2) is 11.6 Å². The average molecular weight is 212 g/mol. The second kappa shape index (κ2) is 5.67. The molecule has 80 valence electrons. The summed E-state index contributed by atoms with van der Waals surface area (Å²) in [4.78, 5) is 22.1. The second-order valence-corrected chi connectivity index (χ2v) is 3.31. The number of carbonyl (C=O) groups excluding carboxylic acids is 2. The molecule has 0 aromatic heterocycles. The first-order valence-electron chi connectivity index (χ1n) is 4.90. The van der Waals surface area contributed by atoms with Crippen LogP contribution in [0.2, 0.25) is 0 Å². The maximum Gasteiger partial charge on any atom is 0.164 e. The van der Waals surface area contributed by atoms with Crippen LogP contribution >= 0.6 is 0 Å². The van der Waals surface area contributed by atoms with Gasteiger partial charge in [-0.2, -0.15) is 0 Å². The number of rotatable bonds is 2. The van der Waals surface area contributed by atoms with Gasteiger partial charge < -0.3 is 0 Å². The Labute approximate surface area is 95.0 Å². The molecule has 0 heterocycles. The van der Waals surface area contributed by atoms with E-state index in [-0.39, 0.29) is 17.1 Å². The summed E-state index contributed by atoms with van der Waals surface area (Å²) >= 11 is 0. The summed E-state index contributed by atoms with van der Waals surface area (Å²) in [5.74, 6) is 5.06. The van der Waals surface area contributed by atoms with Gasteiger partial charge in [0.25, 0.3) is 0 Å². The molecule has 0 saturated carbocycles. The Kier molecular flexibility index (Phi) is 4.23. The molecular formula is C14H12O2. The van der Waals surface area contributed by atoms with Gasteiger partial charge in [0.05, 0.1) is 5.57 Å². The number of ketones is 2. The van der Waals surface area contributed by atoms with Gasteiger partial charge in [0.1, 0.15) is 0 Å². The van der Waals surface area contributed by atoms with Gasteiger partial charge in [-0.3, -0.25) is 9.59 Å². The molecule has 0 N–H and O–H groups in total. The third-order valence-electron chi connectivity index (χ3n) is 1.97. The Morgan fingerprint density at radius 3 is 2.12 bits per heavy atom. The van der Waals surface area contributed by atoms with Crippen molar-refractivity contribution in [2.24, 2.45) is 0 Å². The van der Waals surface area contributed by atoms with Crippen molar-refractivity contribution in [1.29, 1.82) is 0 Å². The summed E-state index contributed by atoms with van der Waals surface area (Å²) in [5.41, 5.74) is 0.994. The van der Waals surface area contributed by atoms with Gasteiger partial charge >= 0.3 is 0 Å². The van der Waals surface area contributed by atoms with Crippen LogP contribution in [-0.2, 0) is 9.59 Å². The van der Waals surface area contributed by atoms with Crippen LogP contribution in [0.15, 0.2) is 42.0 Å². The van der Waals surface area contributed by atoms with E-state index in [1.165, 1.54) is 19.9 Å². The lowest BCUT2D eigenvalue weighted by Gasteiger charge is -1.92. The van der Waals surface area contributed by atoms with Crippen LogP contribution < -0.4 is 0 Å². The summed E-state index contributed by atoms with van der Waals surface area (Å²) in [6.07, 6.45) is 1.37. The quantitative estimate of drug-likeness (QED) is 0.326. The predicted molar refractivity (Wildman–Crippen MR) is 62.8 cm³/mol. The van der Waals surface area contributed by atoms with Crippen molar-refractivity contribution in [3.8, 4) is 11.8 Å². The molecule has 0 aliphatic rings. The van der Waals surface area contributed by atoms with Crippen LogP contribution in [0.25, 0.3) is 0 Å². The highest BCUT2D eigenvalue weighted by molar-refractivity contribution is 6.18. The first-order valence-corrected chi connectivity index (χ1v) is 4.90. The lowest BCUT2D eigenvalue weighted by molar-refractivity contribution is -0.119. The third-order valence-corrected chi connectivity index (χ3v) is 1.97. The van der Waals surface area contributed by atoms with Crippen molar-refractivity contribution < 1.29 is 9.59 Å². The Morgan fingerprint density at radius 2 is 1.62 bits per heavy atom. The van der Waals surface area contributed by atoms with Gasteiger partial charge in [-0.25, -0.2) is 0 Å². The van der Waals surface area contributed by atoms with E-state index < -0.39 is 0 Å². The molecule has 1 aromatic rings. The molecule has 2 heteroatoms. The molecule has 16 heavy (non-hydrogen) atoms. The average Bonchev–Trinajstić information content (AvgIpc) is 2.24. The lowest BCUT2D eigenvalue weighted by atomic mass is 10.1. The largest absolute Gasteiger partial charge is 0.294 e. The molecule has 0 saturated heterocycles. The van der Waals surface area contributed by atoms with Gasteiger partial charge in [-0.15, -0.1) is 0 Å². The van der Waals surface area contributed by atoms with Crippen molar-refractivity contribution in [2.45, 2.75) is 13.8 Å². The Hall–Kier alpha value is -2.14. The van der Waals surface area contributed by atoms with E-state index in [9.17, 15) is 9.59 Å². The summed E-state index contributed by atoms with van der Waals surface area (Å²) in [7, 11) is 0. The smallest absolute Gasteiger partial charge is 0.164 e. The van der Waals surface area contributed by atoms with Crippen molar-refractivity contribution >= 4 is 11.6 Å². The summed E-state index contributed by atoms with van der Waals surface area (Å²) in [6, 6.07) is 9.39. The third kappa shape index (κ3) is 3.55. The predicted octanol–water partition coefficient (Wildman–Crippen LogP) is 2.14. The number of hydrogen-bond acceptors (Lipinski definition) is 2. The standard InChI is InChI=1S/C14H12O2/c1-11(15)14(12(2)16)10-6-9-13-7-4-3-5-8-13/h3-5,7-8,10H,1-2H3. The normalized spacial score (nSPS) is 8.62. The second-order valence-electron chi connectivity index (χ2n) is 3.31. The Balaban J connectivity index is 2.91. The fourth-order valence-corrected chi connectivity index (χ4v) is 1.16. The molecule has 0 aliphatic carbocycles. The number of hydrogen-bond donors (Lipinski definition) is 0. The van der Waals surface area contributed by atoms with Crippen LogP contribution in [0.4, 0.5) is 0 Å². The molecule has 0 atom stereocenters. The van der Waals surface area contributed by atoms with E-state index in [1.807, 2.05) is 30.3 Å². The highest BCUT2D eigenvalue weighted by Gasteiger charge is 2.07. The van der Waals surface area contributed by atoms with Crippen molar-refractivity contribution in [3.63, 3.8) is 0 Å². The van der Waals surface area contributed by atoms with E-state index in [0.717, 1.165) is 5.56 Å². The number of Topliss-reactive ketones (excluding diaryl/α,β-unsaturated/α-hetero) is 2. The SMILES string of the molecule is CC(=O)C(=CC#Cc1ccccc1)C(C)=O. The van der Waals surface area contributed by atoms with Gasteiger partial charge in [-0.1, -0.05) is 30.0 Å². The lowest BCUT2D eigenvalue weighted by Crippen LogP contribution is -2.05. The van der Waals surface area contributed by atoms with E-state index in [0.29, 0.717) is 0 Å². The number of allylic oxidation sites excluding steroid dienone is 2.